The summed E-state index contributed by atoms with van der Waals surface area (Å²) >= 11 is 0. The highest BCUT2D eigenvalue weighted by molar-refractivity contribution is 5.90. The zero-order valence-corrected chi connectivity index (χ0v) is 32.2. The van der Waals surface area contributed by atoms with Crippen molar-refractivity contribution in [3.05, 3.63) is 84.7 Å². The molecule has 3 atom stereocenters. The molecule has 3 N–H and O–H groups in total. The van der Waals surface area contributed by atoms with E-state index in [-0.39, 0.29) is 24.1 Å². The summed E-state index contributed by atoms with van der Waals surface area (Å²) in [4.78, 5) is 61.5. The molecule has 5 aromatic rings. The van der Waals surface area contributed by atoms with Gasteiger partial charge in [-0.3, -0.25) is 4.90 Å². The number of fused-ring (bicyclic) bond motifs is 1. The Balaban J connectivity index is 1.01. The summed E-state index contributed by atoms with van der Waals surface area (Å²) < 4.78 is 10.3. The van der Waals surface area contributed by atoms with Crippen LogP contribution in [0.2, 0.25) is 0 Å². The highest BCUT2D eigenvalue weighted by Crippen LogP contribution is 2.35. The van der Waals surface area contributed by atoms with E-state index in [1.165, 1.54) is 7.11 Å². The maximum atomic E-state index is 13.0. The van der Waals surface area contributed by atoms with E-state index in [4.69, 9.17) is 9.57 Å². The summed E-state index contributed by atoms with van der Waals surface area (Å²) in [6, 6.07) is 20.0. The second-order valence-corrected chi connectivity index (χ2v) is 15.6. The molecule has 2 aromatic heterocycles. The van der Waals surface area contributed by atoms with Gasteiger partial charge >= 0.3 is 18.2 Å². The summed E-state index contributed by atoms with van der Waals surface area (Å²) in [5.41, 5.74) is 5.43. The highest BCUT2D eigenvalue weighted by atomic mass is 16.7. The number of ether oxygens (including phenoxy) is 2. The van der Waals surface area contributed by atoms with Gasteiger partial charge in [-0.1, -0.05) is 62.4 Å². The Morgan fingerprint density at radius 3 is 2.00 bits per heavy atom. The van der Waals surface area contributed by atoms with Crippen molar-refractivity contribution in [2.45, 2.75) is 84.0 Å². The number of carbonyl (C=O) groups is 3. The Morgan fingerprint density at radius 1 is 0.782 bits per heavy atom. The number of aromatic amines is 2. The van der Waals surface area contributed by atoms with E-state index < -0.39 is 23.7 Å². The normalized spacial score (nSPS) is 18.1. The first-order valence-corrected chi connectivity index (χ1v) is 18.9. The van der Waals surface area contributed by atoms with Gasteiger partial charge in [0.25, 0.3) is 0 Å². The van der Waals surface area contributed by atoms with Crippen LogP contribution in [0.15, 0.2) is 73.1 Å². The van der Waals surface area contributed by atoms with Gasteiger partial charge in [-0.2, -0.15) is 0 Å². The van der Waals surface area contributed by atoms with Crippen LogP contribution in [0.4, 0.5) is 9.59 Å². The molecule has 13 heteroatoms. The number of rotatable bonds is 9. The van der Waals surface area contributed by atoms with Crippen LogP contribution in [-0.4, -0.2) is 79.9 Å². The van der Waals surface area contributed by atoms with Crippen molar-refractivity contribution >= 4 is 28.9 Å². The lowest BCUT2D eigenvalue weighted by molar-refractivity contribution is -0.199. The molecule has 2 aliphatic heterocycles. The first-order valence-electron chi connectivity index (χ1n) is 18.9. The number of H-pyrrole nitrogens is 2. The van der Waals surface area contributed by atoms with Crippen LogP contribution in [0, 0.1) is 5.92 Å². The molecule has 55 heavy (non-hydrogen) atoms. The van der Waals surface area contributed by atoms with E-state index in [9.17, 15) is 14.4 Å². The fourth-order valence-corrected chi connectivity index (χ4v) is 7.31. The number of amides is 2. The van der Waals surface area contributed by atoms with Crippen molar-refractivity contribution < 1.29 is 28.7 Å². The molecule has 13 nitrogen and oxygen atoms in total. The molecule has 2 saturated heterocycles. The van der Waals surface area contributed by atoms with Gasteiger partial charge in [-0.25, -0.2) is 24.4 Å². The number of nitrogens with zero attached hydrogens (tertiary/aromatic N) is 4. The molecule has 4 heterocycles. The number of nitrogens with one attached hydrogen (secondary N) is 3. The number of hydrogen-bond acceptors (Lipinski definition) is 9. The number of likely N-dealkylation sites (tertiary alicyclic amines) is 1. The third kappa shape index (κ3) is 8.36. The molecule has 0 saturated carbocycles. The molecular formula is C42H49N7O6. The zero-order chi connectivity index (χ0) is 38.9. The smallest absolute Gasteiger partial charge is 0.410 e. The minimum atomic E-state index is -0.835. The first kappa shape index (κ1) is 37.6. The van der Waals surface area contributed by atoms with Crippen molar-refractivity contribution in [2.75, 3.05) is 20.2 Å². The Bertz CT molecular complexity index is 2170. The lowest BCUT2D eigenvalue weighted by Crippen LogP contribution is -2.47. The fourth-order valence-electron chi connectivity index (χ4n) is 7.31. The monoisotopic (exact) mass is 747 g/mol. The number of carbonyl (C=O) groups excluding carboxylic acids is 3. The average molecular weight is 748 g/mol. The maximum absolute atomic E-state index is 13.0. The molecule has 0 bridgehead atoms. The van der Waals surface area contributed by atoms with E-state index >= 15 is 0 Å². The van der Waals surface area contributed by atoms with Crippen molar-refractivity contribution in [3.63, 3.8) is 0 Å². The second-order valence-electron chi connectivity index (χ2n) is 15.6. The number of methoxy groups -OCH3 is 1. The third-order valence-corrected chi connectivity index (χ3v) is 10.2. The molecule has 3 unspecified atom stereocenters. The Kier molecular flexibility index (Phi) is 10.7. The summed E-state index contributed by atoms with van der Waals surface area (Å²) in [5.74, 6) is 0.771. The van der Waals surface area contributed by atoms with E-state index in [1.54, 1.807) is 16.2 Å². The van der Waals surface area contributed by atoms with Crippen molar-refractivity contribution in [1.82, 2.24) is 35.2 Å². The quantitative estimate of drug-likeness (QED) is 0.135. The standard InChI is InChI=1S/C42H49N7O6/c1-25(2)36(47-40(51)53-6)39(50)55-49-20-8-10-35(49)38-44-23-32(45-38)27-13-11-26(12-14-27)28-15-16-30-22-31(18-17-29(30)21-28)33-24-43-37(46-33)34-9-7-19-48(34)41(52)54-42(3,4)5/h11-18,21-25,34-36H,7-10,19-20H2,1-6H3,(H,43,46)(H,44,45)(H,47,51). The molecule has 3 aromatic carbocycles. The van der Waals surface area contributed by atoms with E-state index in [2.05, 4.69) is 90.7 Å². The van der Waals surface area contributed by atoms with E-state index in [1.807, 2.05) is 40.8 Å². The van der Waals surface area contributed by atoms with Gasteiger partial charge in [0.05, 0.1) is 36.9 Å². The van der Waals surface area contributed by atoms with Gasteiger partial charge in [0.15, 0.2) is 0 Å². The predicted octanol–water partition coefficient (Wildman–Crippen LogP) is 8.33. The molecule has 0 aliphatic carbocycles. The van der Waals surface area contributed by atoms with Gasteiger partial charge in [0, 0.05) is 18.7 Å². The Morgan fingerprint density at radius 2 is 1.35 bits per heavy atom. The average Bonchev–Trinajstić information content (AvgIpc) is 4.00. The van der Waals surface area contributed by atoms with E-state index in [0.717, 1.165) is 75.9 Å². The molecule has 7 rings (SSSR count). The van der Waals surface area contributed by atoms with Crippen molar-refractivity contribution in [1.29, 1.82) is 0 Å². The zero-order valence-electron chi connectivity index (χ0n) is 32.2. The van der Waals surface area contributed by atoms with Gasteiger partial charge in [-0.05, 0) is 92.0 Å². The number of hydrogen-bond donors (Lipinski definition) is 3. The Hall–Kier alpha value is -5.69. The lowest BCUT2D eigenvalue weighted by Gasteiger charge is -2.27. The fraction of sp³-hybridized carbons (Fsp3) is 0.405. The van der Waals surface area contributed by atoms with Crippen molar-refractivity contribution in [3.8, 4) is 33.6 Å². The molecule has 2 amide bonds. The van der Waals surface area contributed by atoms with Crippen LogP contribution < -0.4 is 5.32 Å². The SMILES string of the molecule is COC(=O)NC(C(=O)ON1CCCC1c1ncc(-c2ccc(-c3ccc4cc(-c5cnc(C6CCCN6C(=O)OC(C)(C)C)[nH]5)ccc4c3)cc2)[nH]1)C(C)C. The number of alkyl carbamates (subject to hydrolysis) is 1. The van der Waals surface area contributed by atoms with Gasteiger partial charge < -0.3 is 29.6 Å². The number of benzene rings is 3. The van der Waals surface area contributed by atoms with Gasteiger partial charge in [0.1, 0.15) is 29.3 Å². The minimum Gasteiger partial charge on any atom is -0.453 e. The van der Waals surface area contributed by atoms with Crippen LogP contribution in [0.1, 0.15) is 84.0 Å². The molecule has 2 aliphatic rings. The first-order chi connectivity index (χ1) is 26.4. The summed E-state index contributed by atoms with van der Waals surface area (Å²) in [6.45, 7) is 10.5. The van der Waals surface area contributed by atoms with Crippen LogP contribution >= 0.6 is 0 Å². The molecule has 0 spiro atoms. The van der Waals surface area contributed by atoms with Crippen LogP contribution in [0.5, 0.6) is 0 Å². The number of imidazole rings is 2. The molecule has 0 radical (unpaired) electrons. The number of hydroxylamine groups is 2. The summed E-state index contributed by atoms with van der Waals surface area (Å²) in [5, 5.41) is 6.45. The van der Waals surface area contributed by atoms with Crippen LogP contribution in [0.25, 0.3) is 44.4 Å². The number of aromatic nitrogens is 4. The highest BCUT2D eigenvalue weighted by Gasteiger charge is 2.36. The maximum Gasteiger partial charge on any atom is 0.410 e. The summed E-state index contributed by atoms with van der Waals surface area (Å²) in [6.07, 6.45) is 6.03. The second kappa shape index (κ2) is 15.6. The largest absolute Gasteiger partial charge is 0.453 e. The molecule has 2 fully saturated rings. The Labute approximate surface area is 320 Å². The van der Waals surface area contributed by atoms with Crippen LogP contribution in [-0.2, 0) is 19.1 Å². The van der Waals surface area contributed by atoms with E-state index in [0.29, 0.717) is 18.9 Å². The topological polar surface area (TPSA) is 155 Å². The van der Waals surface area contributed by atoms with Crippen LogP contribution in [0.3, 0.4) is 0 Å². The van der Waals surface area contributed by atoms with Crippen molar-refractivity contribution in [2.24, 2.45) is 5.92 Å². The minimum absolute atomic E-state index is 0.135. The summed E-state index contributed by atoms with van der Waals surface area (Å²) in [7, 11) is 1.26. The lowest BCUT2D eigenvalue weighted by atomic mass is 9.98. The molecular weight excluding hydrogens is 699 g/mol. The molecule has 288 valence electrons. The predicted molar refractivity (Wildman–Crippen MR) is 208 cm³/mol. The van der Waals surface area contributed by atoms with Gasteiger partial charge in [0.2, 0.25) is 0 Å². The van der Waals surface area contributed by atoms with Gasteiger partial charge in [-0.15, -0.1) is 5.06 Å². The third-order valence-electron chi connectivity index (χ3n) is 10.2.